The van der Waals surface area contributed by atoms with E-state index in [9.17, 15) is 18.0 Å². The summed E-state index contributed by atoms with van der Waals surface area (Å²) in [5, 5.41) is 0.229. The normalized spacial score (nSPS) is 13.7. The van der Waals surface area contributed by atoms with Gasteiger partial charge in [0, 0.05) is 18.4 Å². The summed E-state index contributed by atoms with van der Waals surface area (Å²) in [6.07, 6.45) is -2.90. The Bertz CT molecular complexity index is 805. The van der Waals surface area contributed by atoms with Gasteiger partial charge in [-0.1, -0.05) is 11.8 Å². The lowest BCUT2D eigenvalue weighted by Gasteiger charge is -2.13. The van der Waals surface area contributed by atoms with Crippen molar-refractivity contribution in [3.8, 4) is 5.88 Å². The number of halogens is 3. The Balaban J connectivity index is 1.87. The van der Waals surface area contributed by atoms with Crippen LogP contribution in [0.5, 0.6) is 5.88 Å². The van der Waals surface area contributed by atoms with Gasteiger partial charge in [-0.3, -0.25) is 9.78 Å². The van der Waals surface area contributed by atoms with E-state index in [1.54, 1.807) is 6.92 Å². The fraction of sp³-hybridized carbons (Fsp3) is 0.357. The molecule has 1 aliphatic heterocycles. The molecule has 23 heavy (non-hydrogen) atoms. The Morgan fingerprint density at radius 1 is 1.43 bits per heavy atom. The second-order valence-electron chi connectivity index (χ2n) is 4.99. The van der Waals surface area contributed by atoms with Gasteiger partial charge < -0.3 is 9.72 Å². The Hall–Kier alpha value is -2.03. The van der Waals surface area contributed by atoms with Gasteiger partial charge in [-0.25, -0.2) is 0 Å². The van der Waals surface area contributed by atoms with Crippen molar-refractivity contribution in [2.45, 2.75) is 30.4 Å². The molecule has 9 heteroatoms. The molecule has 2 aromatic heterocycles. The summed E-state index contributed by atoms with van der Waals surface area (Å²) < 4.78 is 44.3. The first-order valence-corrected chi connectivity index (χ1v) is 7.75. The Morgan fingerprint density at radius 3 is 2.96 bits per heavy atom. The quantitative estimate of drug-likeness (QED) is 0.686. The largest absolute Gasteiger partial charge is 0.477 e. The summed E-state index contributed by atoms with van der Waals surface area (Å²) in [6.45, 7) is 1.98. The van der Waals surface area contributed by atoms with Crippen LogP contribution in [0.15, 0.2) is 22.2 Å². The average Bonchev–Trinajstić information content (AvgIpc) is 2.93. The summed E-state index contributed by atoms with van der Waals surface area (Å²) >= 11 is 1.01. The van der Waals surface area contributed by atoms with Crippen molar-refractivity contribution in [3.05, 3.63) is 45.0 Å². The molecule has 2 aromatic rings. The lowest BCUT2D eigenvalue weighted by Crippen LogP contribution is -2.14. The summed E-state index contributed by atoms with van der Waals surface area (Å²) in [6, 6.07) is 1.52. The van der Waals surface area contributed by atoms with E-state index in [4.69, 9.17) is 4.74 Å². The molecule has 0 saturated heterocycles. The number of alkyl halides is 3. The number of thioether (sulfide) groups is 1. The highest BCUT2D eigenvalue weighted by molar-refractivity contribution is 7.98. The second-order valence-corrected chi connectivity index (χ2v) is 5.96. The maximum absolute atomic E-state index is 13.0. The number of hydrogen-bond acceptors (Lipinski definition) is 5. The molecule has 0 bridgehead atoms. The molecular formula is C14H12F3N3O2S. The van der Waals surface area contributed by atoms with E-state index in [1.165, 1.54) is 6.07 Å². The van der Waals surface area contributed by atoms with Crippen molar-refractivity contribution in [2.75, 3.05) is 6.61 Å². The first-order chi connectivity index (χ1) is 10.9. The van der Waals surface area contributed by atoms with Gasteiger partial charge in [0.2, 0.25) is 5.88 Å². The van der Waals surface area contributed by atoms with Crippen LogP contribution in [0.1, 0.15) is 22.4 Å². The maximum Gasteiger partial charge on any atom is 0.433 e. The van der Waals surface area contributed by atoms with Crippen LogP contribution >= 0.6 is 11.8 Å². The second kappa shape index (κ2) is 5.88. The number of fused-ring (bicyclic) bond motifs is 1. The van der Waals surface area contributed by atoms with E-state index < -0.39 is 11.9 Å². The number of hydrogen-bond donors (Lipinski definition) is 1. The first-order valence-electron chi connectivity index (χ1n) is 6.76. The lowest BCUT2D eigenvalue weighted by atomic mass is 10.1. The van der Waals surface area contributed by atoms with Crippen molar-refractivity contribution in [1.29, 1.82) is 0 Å². The Labute approximate surface area is 133 Å². The zero-order valence-electron chi connectivity index (χ0n) is 12.0. The van der Waals surface area contributed by atoms with Crippen LogP contribution in [-0.4, -0.2) is 21.6 Å². The number of pyridine rings is 1. The van der Waals surface area contributed by atoms with Gasteiger partial charge in [0.25, 0.3) is 5.56 Å². The van der Waals surface area contributed by atoms with Gasteiger partial charge in [0.1, 0.15) is 5.69 Å². The molecule has 0 unspecified atom stereocenters. The third kappa shape index (κ3) is 3.19. The minimum Gasteiger partial charge on any atom is -0.477 e. The van der Waals surface area contributed by atoms with Gasteiger partial charge in [-0.15, -0.1) is 0 Å². The van der Waals surface area contributed by atoms with Gasteiger partial charge in [0.05, 0.1) is 12.2 Å². The molecule has 122 valence electrons. The van der Waals surface area contributed by atoms with Crippen molar-refractivity contribution in [3.63, 3.8) is 0 Å². The van der Waals surface area contributed by atoms with E-state index in [2.05, 4.69) is 15.0 Å². The Morgan fingerprint density at radius 2 is 2.22 bits per heavy atom. The van der Waals surface area contributed by atoms with Gasteiger partial charge in [-0.2, -0.15) is 18.2 Å². The van der Waals surface area contributed by atoms with Crippen LogP contribution in [0, 0.1) is 6.92 Å². The molecule has 0 amide bonds. The van der Waals surface area contributed by atoms with Crippen molar-refractivity contribution >= 4 is 11.8 Å². The third-order valence-electron chi connectivity index (χ3n) is 3.46. The van der Waals surface area contributed by atoms with E-state index >= 15 is 0 Å². The van der Waals surface area contributed by atoms with Crippen LogP contribution in [0.25, 0.3) is 0 Å². The highest BCUT2D eigenvalue weighted by Gasteiger charge is 2.35. The van der Waals surface area contributed by atoms with Gasteiger partial charge >= 0.3 is 6.18 Å². The number of aryl methyl sites for hydroxylation is 1. The molecule has 1 aliphatic rings. The standard InChI is InChI=1S/C14H12F3N3O2S/c1-7-2-4-18-10(14(15,16)17)9(7)6-23-13-19-11(21)8-3-5-22-12(8)20-13/h2,4H,3,5-6H2,1H3,(H,19,20,21). The zero-order valence-corrected chi connectivity index (χ0v) is 12.8. The van der Waals surface area contributed by atoms with E-state index in [1.807, 2.05) is 0 Å². The molecule has 0 atom stereocenters. The third-order valence-corrected chi connectivity index (χ3v) is 4.36. The number of nitrogens with one attached hydrogen (secondary N) is 1. The summed E-state index contributed by atoms with van der Waals surface area (Å²) in [7, 11) is 0. The van der Waals surface area contributed by atoms with Crippen LogP contribution in [-0.2, 0) is 18.3 Å². The number of nitrogens with zero attached hydrogens (tertiary/aromatic N) is 2. The fourth-order valence-corrected chi connectivity index (χ4v) is 3.23. The number of ether oxygens (including phenoxy) is 1. The van der Waals surface area contributed by atoms with E-state index in [-0.39, 0.29) is 27.9 Å². The molecule has 0 aliphatic carbocycles. The molecular weight excluding hydrogens is 331 g/mol. The van der Waals surface area contributed by atoms with Crippen LogP contribution < -0.4 is 10.3 Å². The van der Waals surface area contributed by atoms with E-state index in [0.717, 1.165) is 18.0 Å². The molecule has 0 aromatic carbocycles. The molecule has 0 radical (unpaired) electrons. The summed E-state index contributed by atoms with van der Waals surface area (Å²) in [5.41, 5.74) is -0.185. The number of H-pyrrole nitrogens is 1. The summed E-state index contributed by atoms with van der Waals surface area (Å²) in [4.78, 5) is 22.0. The van der Waals surface area contributed by atoms with Crippen molar-refractivity contribution in [2.24, 2.45) is 0 Å². The molecule has 0 spiro atoms. The molecule has 5 nitrogen and oxygen atoms in total. The van der Waals surface area contributed by atoms with Gasteiger partial charge in [-0.05, 0) is 24.1 Å². The maximum atomic E-state index is 13.0. The predicted molar refractivity (Wildman–Crippen MR) is 77.6 cm³/mol. The molecule has 0 saturated carbocycles. The first kappa shape index (κ1) is 15.9. The highest BCUT2D eigenvalue weighted by atomic mass is 32.2. The van der Waals surface area contributed by atoms with E-state index in [0.29, 0.717) is 24.2 Å². The minimum absolute atomic E-state index is 0.00373. The minimum atomic E-state index is -4.52. The zero-order chi connectivity index (χ0) is 16.6. The summed E-state index contributed by atoms with van der Waals surface area (Å²) in [5.74, 6) is 0.256. The van der Waals surface area contributed by atoms with Crippen LogP contribution in [0.4, 0.5) is 13.2 Å². The average molecular weight is 343 g/mol. The number of rotatable bonds is 3. The predicted octanol–water partition coefficient (Wildman–Crippen LogP) is 2.72. The Kier molecular flexibility index (Phi) is 4.05. The van der Waals surface area contributed by atoms with Crippen LogP contribution in [0.3, 0.4) is 0 Å². The fourth-order valence-electron chi connectivity index (χ4n) is 2.27. The molecule has 0 fully saturated rings. The van der Waals surface area contributed by atoms with Crippen molar-refractivity contribution < 1.29 is 17.9 Å². The highest BCUT2D eigenvalue weighted by Crippen LogP contribution is 2.34. The number of aromatic amines is 1. The topological polar surface area (TPSA) is 67.9 Å². The smallest absolute Gasteiger partial charge is 0.433 e. The van der Waals surface area contributed by atoms with Gasteiger partial charge in [0.15, 0.2) is 5.16 Å². The molecule has 1 N–H and O–H groups in total. The van der Waals surface area contributed by atoms with Crippen molar-refractivity contribution in [1.82, 2.24) is 15.0 Å². The number of aromatic nitrogens is 3. The molecule has 3 rings (SSSR count). The monoisotopic (exact) mass is 343 g/mol. The lowest BCUT2D eigenvalue weighted by molar-refractivity contribution is -0.141. The molecule has 3 heterocycles. The van der Waals surface area contributed by atoms with Crippen LogP contribution in [0.2, 0.25) is 0 Å². The SMILES string of the molecule is Cc1ccnc(C(F)(F)F)c1CSc1nc2c(c(=O)[nH]1)CCO2.